The first-order valence-electron chi connectivity index (χ1n) is 3.76. The minimum atomic E-state index is 0.840. The highest BCUT2D eigenvalue weighted by Crippen LogP contribution is 2.17. The van der Waals surface area contributed by atoms with Crippen molar-refractivity contribution < 1.29 is 0 Å². The first-order valence-corrected chi connectivity index (χ1v) is 3.76. The van der Waals surface area contributed by atoms with E-state index in [1.165, 1.54) is 32.5 Å². The summed E-state index contributed by atoms with van der Waals surface area (Å²) in [5, 5.41) is 3.28. The lowest BCUT2D eigenvalue weighted by Crippen LogP contribution is -2.55. The number of hydrogen-bond donors (Lipinski definition) is 1. The van der Waals surface area contributed by atoms with Crippen LogP contribution in [0.4, 0.5) is 0 Å². The Labute approximate surface area is 56.2 Å². The third-order valence-corrected chi connectivity index (χ3v) is 2.21. The molecule has 2 heteroatoms. The van der Waals surface area contributed by atoms with Crippen molar-refractivity contribution in [2.45, 2.75) is 18.9 Å². The summed E-state index contributed by atoms with van der Waals surface area (Å²) in [6.07, 6.45) is 2.67. The van der Waals surface area contributed by atoms with Crippen molar-refractivity contribution in [1.29, 1.82) is 0 Å². The van der Waals surface area contributed by atoms with Gasteiger partial charge in [-0.25, -0.2) is 0 Å². The van der Waals surface area contributed by atoms with Crippen molar-refractivity contribution in [2.24, 2.45) is 0 Å². The summed E-state index contributed by atoms with van der Waals surface area (Å²) in [5.74, 6) is 0. The quantitative estimate of drug-likeness (QED) is 0.539. The van der Waals surface area contributed by atoms with Crippen LogP contribution < -0.4 is 5.32 Å². The van der Waals surface area contributed by atoms with E-state index >= 15 is 0 Å². The van der Waals surface area contributed by atoms with Gasteiger partial charge in [-0.15, -0.1) is 0 Å². The maximum Gasteiger partial charge on any atom is 0.0348 e. The summed E-state index contributed by atoms with van der Waals surface area (Å²) in [4.78, 5) is 2.48. The molecule has 0 aromatic rings. The lowest BCUT2D eigenvalue weighted by atomic mass is 10.1. The lowest BCUT2D eigenvalue weighted by Gasteiger charge is -2.34. The van der Waals surface area contributed by atoms with Crippen LogP contribution >= 0.6 is 0 Å². The molecule has 0 aliphatic carbocycles. The first-order chi connectivity index (χ1) is 4.47. The van der Waals surface area contributed by atoms with Gasteiger partial charge in [-0.2, -0.15) is 0 Å². The molecular formula is C7H13N2. The minimum Gasteiger partial charge on any atom is -0.314 e. The monoisotopic (exact) mass is 125 g/mol. The topological polar surface area (TPSA) is 15.3 Å². The third-order valence-electron chi connectivity index (χ3n) is 2.21. The van der Waals surface area contributed by atoms with Crippen LogP contribution in [-0.4, -0.2) is 30.6 Å². The molecule has 2 fully saturated rings. The summed E-state index contributed by atoms with van der Waals surface area (Å²) in [6.45, 7) is 6.06. The van der Waals surface area contributed by atoms with E-state index in [4.69, 9.17) is 0 Å². The lowest BCUT2D eigenvalue weighted by molar-refractivity contribution is 0.207. The molecule has 2 rings (SSSR count). The zero-order valence-corrected chi connectivity index (χ0v) is 5.64. The third kappa shape index (κ3) is 0.970. The van der Waals surface area contributed by atoms with E-state index in [-0.39, 0.29) is 0 Å². The van der Waals surface area contributed by atoms with Crippen molar-refractivity contribution >= 4 is 0 Å². The zero-order chi connectivity index (χ0) is 6.10. The molecule has 1 radical (unpaired) electrons. The maximum absolute atomic E-state index is 3.28. The average molecular weight is 125 g/mol. The zero-order valence-electron chi connectivity index (χ0n) is 5.64. The largest absolute Gasteiger partial charge is 0.314 e. The van der Waals surface area contributed by atoms with Gasteiger partial charge in [0.2, 0.25) is 0 Å². The van der Waals surface area contributed by atoms with Crippen LogP contribution in [0.1, 0.15) is 12.8 Å². The maximum atomic E-state index is 3.28. The number of hydrogen-bond acceptors (Lipinski definition) is 2. The highest BCUT2D eigenvalue weighted by atomic mass is 15.2. The van der Waals surface area contributed by atoms with Crippen molar-refractivity contribution in [3.05, 3.63) is 6.54 Å². The van der Waals surface area contributed by atoms with E-state index in [9.17, 15) is 0 Å². The molecule has 0 bridgehead atoms. The molecule has 1 N–H and O–H groups in total. The van der Waals surface area contributed by atoms with Crippen molar-refractivity contribution in [3.63, 3.8) is 0 Å². The highest BCUT2D eigenvalue weighted by Gasteiger charge is 2.26. The second-order valence-corrected chi connectivity index (χ2v) is 2.87. The second kappa shape index (κ2) is 2.27. The molecule has 2 aliphatic heterocycles. The molecule has 0 aromatic heterocycles. The molecular weight excluding hydrogens is 112 g/mol. The van der Waals surface area contributed by atoms with Gasteiger partial charge in [-0.05, 0) is 19.4 Å². The average Bonchev–Trinajstić information content (AvgIpc) is 2.11. The SMILES string of the molecule is [CH]1CCCN1C1CNC1. The molecule has 0 amide bonds. The van der Waals surface area contributed by atoms with Gasteiger partial charge in [0, 0.05) is 25.7 Å². The van der Waals surface area contributed by atoms with Gasteiger partial charge in [0.1, 0.15) is 0 Å². The summed E-state index contributed by atoms with van der Waals surface area (Å²) in [7, 11) is 0. The second-order valence-electron chi connectivity index (χ2n) is 2.87. The standard InChI is InChI=1S/C7H13N2/c1-2-4-9(3-1)7-5-8-6-7/h3,7-8H,1-2,4-6H2. The van der Waals surface area contributed by atoms with E-state index in [1.54, 1.807) is 0 Å². The van der Waals surface area contributed by atoms with Gasteiger partial charge in [0.25, 0.3) is 0 Å². The first kappa shape index (κ1) is 5.69. The van der Waals surface area contributed by atoms with Crippen LogP contribution in [0.15, 0.2) is 0 Å². The van der Waals surface area contributed by atoms with Crippen LogP contribution in [0, 0.1) is 6.54 Å². The molecule has 2 aliphatic rings. The predicted octanol–water partition coefficient (Wildman–Crippen LogP) is 0.216. The molecule has 51 valence electrons. The normalized spacial score (nSPS) is 30.7. The van der Waals surface area contributed by atoms with E-state index in [1.807, 2.05) is 0 Å². The molecule has 0 saturated carbocycles. The van der Waals surface area contributed by atoms with Gasteiger partial charge in [0.05, 0.1) is 0 Å². The van der Waals surface area contributed by atoms with E-state index < -0.39 is 0 Å². The Morgan fingerprint density at radius 2 is 2.33 bits per heavy atom. The Morgan fingerprint density at radius 1 is 1.44 bits per heavy atom. The summed E-state index contributed by atoms with van der Waals surface area (Å²) >= 11 is 0. The van der Waals surface area contributed by atoms with E-state index in [0.717, 1.165) is 6.04 Å². The van der Waals surface area contributed by atoms with Gasteiger partial charge >= 0.3 is 0 Å². The summed E-state index contributed by atoms with van der Waals surface area (Å²) < 4.78 is 0. The van der Waals surface area contributed by atoms with Crippen LogP contribution in [0.25, 0.3) is 0 Å². The smallest absolute Gasteiger partial charge is 0.0348 e. The predicted molar refractivity (Wildman–Crippen MR) is 36.9 cm³/mol. The van der Waals surface area contributed by atoms with Crippen molar-refractivity contribution in [3.8, 4) is 0 Å². The van der Waals surface area contributed by atoms with Gasteiger partial charge < -0.3 is 5.32 Å². The molecule has 2 saturated heterocycles. The Hall–Kier alpha value is -0.0800. The van der Waals surface area contributed by atoms with Crippen LogP contribution in [0.2, 0.25) is 0 Å². The van der Waals surface area contributed by atoms with Crippen LogP contribution in [0.5, 0.6) is 0 Å². The van der Waals surface area contributed by atoms with Gasteiger partial charge in [0.15, 0.2) is 0 Å². The van der Waals surface area contributed by atoms with Crippen LogP contribution in [-0.2, 0) is 0 Å². The Balaban J connectivity index is 1.82. The van der Waals surface area contributed by atoms with Crippen molar-refractivity contribution in [2.75, 3.05) is 19.6 Å². The fraction of sp³-hybridized carbons (Fsp3) is 0.857. The minimum absolute atomic E-state index is 0.840. The molecule has 9 heavy (non-hydrogen) atoms. The van der Waals surface area contributed by atoms with E-state index in [2.05, 4.69) is 16.8 Å². The Kier molecular flexibility index (Phi) is 1.44. The number of nitrogens with zero attached hydrogens (tertiary/aromatic N) is 1. The number of likely N-dealkylation sites (tertiary alicyclic amines) is 1. The Bertz CT molecular complexity index is 93.1. The number of rotatable bonds is 1. The van der Waals surface area contributed by atoms with Gasteiger partial charge in [-0.1, -0.05) is 0 Å². The Morgan fingerprint density at radius 3 is 2.78 bits per heavy atom. The fourth-order valence-corrected chi connectivity index (χ4v) is 1.46. The summed E-state index contributed by atoms with van der Waals surface area (Å²) in [6, 6.07) is 0.840. The molecule has 0 spiro atoms. The number of nitrogens with one attached hydrogen (secondary N) is 1. The molecule has 2 heterocycles. The summed E-state index contributed by atoms with van der Waals surface area (Å²) in [5.41, 5.74) is 0. The molecule has 0 aromatic carbocycles. The molecule has 0 atom stereocenters. The fourth-order valence-electron chi connectivity index (χ4n) is 1.46. The molecule has 0 unspecified atom stereocenters. The van der Waals surface area contributed by atoms with Gasteiger partial charge in [-0.3, -0.25) is 4.90 Å². The molecule has 2 nitrogen and oxygen atoms in total. The van der Waals surface area contributed by atoms with E-state index in [0.29, 0.717) is 0 Å². The van der Waals surface area contributed by atoms with Crippen molar-refractivity contribution in [1.82, 2.24) is 10.2 Å². The highest BCUT2D eigenvalue weighted by molar-refractivity contribution is 4.91. The van der Waals surface area contributed by atoms with Crippen LogP contribution in [0.3, 0.4) is 0 Å².